The number of ether oxygens (including phenoxy) is 3. The Hall–Kier alpha value is -4.27. The summed E-state index contributed by atoms with van der Waals surface area (Å²) in [6.07, 6.45) is 1.49. The van der Waals surface area contributed by atoms with Crippen LogP contribution in [0.4, 0.5) is 11.6 Å². The summed E-state index contributed by atoms with van der Waals surface area (Å²) >= 11 is 0. The fourth-order valence-electron chi connectivity index (χ4n) is 3.23. The number of pyridine rings is 1. The van der Waals surface area contributed by atoms with Crippen molar-refractivity contribution in [2.45, 2.75) is 6.92 Å². The van der Waals surface area contributed by atoms with Gasteiger partial charge in [0.2, 0.25) is 12.7 Å². The van der Waals surface area contributed by atoms with Crippen LogP contribution in [-0.2, 0) is 0 Å². The van der Waals surface area contributed by atoms with Crippen LogP contribution in [0.5, 0.6) is 23.0 Å². The van der Waals surface area contributed by atoms with E-state index in [0.29, 0.717) is 28.8 Å². The number of carbonyl (C=O) groups is 1. The Bertz CT molecular complexity index is 1280. The van der Waals surface area contributed by atoms with Crippen molar-refractivity contribution in [3.63, 3.8) is 0 Å². The maximum atomic E-state index is 11.5. The lowest BCUT2D eigenvalue weighted by Crippen LogP contribution is -2.15. The number of aromatic nitrogens is 3. The Morgan fingerprint density at radius 2 is 2.03 bits per heavy atom. The average molecular weight is 403 g/mol. The lowest BCUT2D eigenvalue weighted by atomic mass is 10.2. The third-order valence-corrected chi connectivity index (χ3v) is 4.70. The number of carbonyl (C=O) groups excluding carboxylic acids is 1. The molecule has 1 aliphatic heterocycles. The number of nitrogens with zero attached hydrogens (tertiary/aromatic N) is 2. The third kappa shape index (κ3) is 3.22. The standard InChI is InChI=1S/C21H17N5O4/c1-11-16(6-7-23-19(11)20(22)27)30-13-3-4-14-15(9-13)26-21(25-14)24-12-2-5-17-18(8-12)29-10-28-17/h2-9H,10H2,1H3,(H2,22,27)(H2,24,25,26). The molecule has 9 heteroatoms. The van der Waals surface area contributed by atoms with Gasteiger partial charge >= 0.3 is 0 Å². The highest BCUT2D eigenvalue weighted by Crippen LogP contribution is 2.35. The molecule has 3 heterocycles. The molecule has 4 N–H and O–H groups in total. The van der Waals surface area contributed by atoms with Crippen molar-refractivity contribution >= 4 is 28.6 Å². The van der Waals surface area contributed by atoms with Gasteiger partial charge in [-0.15, -0.1) is 0 Å². The first-order chi connectivity index (χ1) is 14.6. The van der Waals surface area contributed by atoms with E-state index in [1.54, 1.807) is 19.1 Å². The molecule has 2 aromatic heterocycles. The molecular formula is C21H17N5O4. The number of primary amides is 1. The molecule has 4 aromatic rings. The second-order valence-electron chi connectivity index (χ2n) is 6.71. The van der Waals surface area contributed by atoms with Gasteiger partial charge in [-0.05, 0) is 37.3 Å². The molecule has 1 aliphatic rings. The lowest BCUT2D eigenvalue weighted by Gasteiger charge is -2.10. The Kier molecular flexibility index (Phi) is 4.13. The van der Waals surface area contributed by atoms with E-state index < -0.39 is 5.91 Å². The quantitative estimate of drug-likeness (QED) is 0.465. The van der Waals surface area contributed by atoms with Crippen molar-refractivity contribution in [2.24, 2.45) is 5.73 Å². The predicted molar refractivity (Wildman–Crippen MR) is 110 cm³/mol. The summed E-state index contributed by atoms with van der Waals surface area (Å²) in [6, 6.07) is 12.7. The second-order valence-corrected chi connectivity index (χ2v) is 6.71. The molecule has 150 valence electrons. The van der Waals surface area contributed by atoms with E-state index >= 15 is 0 Å². The van der Waals surface area contributed by atoms with E-state index in [2.05, 4.69) is 20.3 Å². The minimum Gasteiger partial charge on any atom is -0.457 e. The van der Waals surface area contributed by atoms with Gasteiger partial charge in [0.05, 0.1) is 11.0 Å². The van der Waals surface area contributed by atoms with Gasteiger partial charge in [-0.2, -0.15) is 0 Å². The van der Waals surface area contributed by atoms with E-state index in [9.17, 15) is 4.79 Å². The topological polar surface area (TPSA) is 124 Å². The first-order valence-electron chi connectivity index (χ1n) is 9.16. The van der Waals surface area contributed by atoms with E-state index in [1.807, 2.05) is 30.3 Å². The van der Waals surface area contributed by atoms with Crippen LogP contribution in [0.3, 0.4) is 0 Å². The molecule has 30 heavy (non-hydrogen) atoms. The van der Waals surface area contributed by atoms with E-state index in [-0.39, 0.29) is 12.5 Å². The molecule has 0 radical (unpaired) electrons. The average Bonchev–Trinajstić information content (AvgIpc) is 3.34. The number of hydrogen-bond acceptors (Lipinski definition) is 7. The lowest BCUT2D eigenvalue weighted by molar-refractivity contribution is 0.0994. The van der Waals surface area contributed by atoms with Crippen LogP contribution in [0.2, 0.25) is 0 Å². The Balaban J connectivity index is 1.39. The first-order valence-corrected chi connectivity index (χ1v) is 9.16. The first kappa shape index (κ1) is 17.8. The second kappa shape index (κ2) is 6.96. The summed E-state index contributed by atoms with van der Waals surface area (Å²) in [4.78, 5) is 23.2. The van der Waals surface area contributed by atoms with E-state index in [4.69, 9.17) is 19.9 Å². The molecule has 0 bridgehead atoms. The molecular weight excluding hydrogens is 386 g/mol. The third-order valence-electron chi connectivity index (χ3n) is 4.70. The zero-order valence-corrected chi connectivity index (χ0v) is 15.9. The number of H-pyrrole nitrogens is 1. The smallest absolute Gasteiger partial charge is 0.267 e. The van der Waals surface area contributed by atoms with Crippen LogP contribution in [0.25, 0.3) is 11.0 Å². The van der Waals surface area contributed by atoms with Gasteiger partial charge in [0.1, 0.15) is 17.2 Å². The van der Waals surface area contributed by atoms with Crippen LogP contribution in [-0.4, -0.2) is 27.7 Å². The van der Waals surface area contributed by atoms with Crippen LogP contribution in [0.1, 0.15) is 16.1 Å². The van der Waals surface area contributed by atoms with Gasteiger partial charge in [-0.1, -0.05) is 0 Å². The monoisotopic (exact) mass is 403 g/mol. The number of fused-ring (bicyclic) bond motifs is 2. The number of benzene rings is 2. The Morgan fingerprint density at radius 3 is 2.90 bits per heavy atom. The highest BCUT2D eigenvalue weighted by atomic mass is 16.7. The summed E-state index contributed by atoms with van der Waals surface area (Å²) in [5.74, 6) is 2.49. The number of nitrogens with one attached hydrogen (secondary N) is 2. The van der Waals surface area contributed by atoms with Crippen LogP contribution in [0.15, 0.2) is 48.7 Å². The number of aromatic amines is 1. The number of imidazole rings is 1. The van der Waals surface area contributed by atoms with Crippen molar-refractivity contribution in [2.75, 3.05) is 12.1 Å². The zero-order valence-electron chi connectivity index (χ0n) is 15.9. The summed E-state index contributed by atoms with van der Waals surface area (Å²) in [7, 11) is 0. The maximum Gasteiger partial charge on any atom is 0.267 e. The normalized spacial score (nSPS) is 12.2. The molecule has 0 saturated carbocycles. The van der Waals surface area contributed by atoms with Crippen LogP contribution >= 0.6 is 0 Å². The summed E-state index contributed by atoms with van der Waals surface area (Å²) in [6.45, 7) is 1.97. The highest BCUT2D eigenvalue weighted by Gasteiger charge is 2.15. The van der Waals surface area contributed by atoms with Crippen molar-refractivity contribution in [1.29, 1.82) is 0 Å². The van der Waals surface area contributed by atoms with Gasteiger partial charge in [-0.25, -0.2) is 4.98 Å². The summed E-state index contributed by atoms with van der Waals surface area (Å²) < 4.78 is 16.7. The Morgan fingerprint density at radius 1 is 1.17 bits per heavy atom. The van der Waals surface area contributed by atoms with Gasteiger partial charge in [0, 0.05) is 29.6 Å². The zero-order chi connectivity index (χ0) is 20.7. The summed E-state index contributed by atoms with van der Waals surface area (Å²) in [5.41, 5.74) is 8.51. The minimum atomic E-state index is -0.596. The molecule has 0 spiro atoms. The minimum absolute atomic E-state index is 0.185. The largest absolute Gasteiger partial charge is 0.457 e. The maximum absolute atomic E-state index is 11.5. The molecule has 0 fully saturated rings. The molecule has 9 nitrogen and oxygen atoms in total. The molecule has 2 aromatic carbocycles. The summed E-state index contributed by atoms with van der Waals surface area (Å²) in [5, 5.41) is 3.22. The van der Waals surface area contributed by atoms with Crippen molar-refractivity contribution in [3.8, 4) is 23.0 Å². The number of hydrogen-bond donors (Lipinski definition) is 3. The molecule has 0 atom stereocenters. The van der Waals surface area contributed by atoms with Gasteiger partial charge in [-0.3, -0.25) is 9.78 Å². The number of nitrogens with two attached hydrogens (primary N) is 1. The van der Waals surface area contributed by atoms with Gasteiger partial charge in [0.25, 0.3) is 5.91 Å². The molecule has 0 unspecified atom stereocenters. The van der Waals surface area contributed by atoms with Crippen LogP contribution in [0, 0.1) is 6.92 Å². The molecule has 5 rings (SSSR count). The number of rotatable bonds is 5. The predicted octanol–water partition coefficient (Wildman–Crippen LogP) is 3.63. The SMILES string of the molecule is Cc1c(Oc2ccc3nc(Nc4ccc5c(c4)OCO5)[nH]c3c2)ccnc1C(N)=O. The number of anilines is 2. The van der Waals surface area contributed by atoms with Crippen molar-refractivity contribution in [3.05, 3.63) is 59.9 Å². The Labute approximate surface area is 170 Å². The van der Waals surface area contributed by atoms with Gasteiger partial charge < -0.3 is 30.2 Å². The molecule has 1 amide bonds. The van der Waals surface area contributed by atoms with Crippen LogP contribution < -0.4 is 25.3 Å². The van der Waals surface area contributed by atoms with E-state index in [1.165, 1.54) is 6.20 Å². The van der Waals surface area contributed by atoms with Crippen molar-refractivity contribution in [1.82, 2.24) is 15.0 Å². The highest BCUT2D eigenvalue weighted by molar-refractivity contribution is 5.92. The van der Waals surface area contributed by atoms with Gasteiger partial charge in [0.15, 0.2) is 11.5 Å². The fourth-order valence-corrected chi connectivity index (χ4v) is 3.23. The van der Waals surface area contributed by atoms with Crippen molar-refractivity contribution < 1.29 is 19.0 Å². The number of amides is 1. The van der Waals surface area contributed by atoms with E-state index in [0.717, 1.165) is 22.5 Å². The fraction of sp³-hybridized carbons (Fsp3) is 0.0952. The molecule has 0 aliphatic carbocycles. The molecule has 0 saturated heterocycles.